The molecule has 0 bridgehead atoms. The van der Waals surface area contributed by atoms with Crippen molar-refractivity contribution in [2.24, 2.45) is 0 Å². The third-order valence-electron chi connectivity index (χ3n) is 4.90. The van der Waals surface area contributed by atoms with Gasteiger partial charge in [-0.15, -0.1) is 0 Å². The van der Waals surface area contributed by atoms with Crippen LogP contribution >= 0.6 is 0 Å². The highest BCUT2D eigenvalue weighted by Gasteiger charge is 2.32. The first-order valence-corrected chi connectivity index (χ1v) is 7.58. The summed E-state index contributed by atoms with van der Waals surface area (Å²) in [6.45, 7) is 7.50. The van der Waals surface area contributed by atoms with E-state index in [1.54, 1.807) is 0 Å². The van der Waals surface area contributed by atoms with Crippen molar-refractivity contribution in [1.82, 2.24) is 15.1 Å². The lowest BCUT2D eigenvalue weighted by Gasteiger charge is -2.25. The van der Waals surface area contributed by atoms with Crippen LogP contribution in [0.2, 0.25) is 0 Å². The minimum absolute atomic E-state index is 0.437. The van der Waals surface area contributed by atoms with Crippen LogP contribution in [-0.4, -0.2) is 74.4 Å². The zero-order valence-corrected chi connectivity index (χ0v) is 11.6. The minimum atomic E-state index is 0.437. The van der Waals surface area contributed by atoms with E-state index in [1.165, 1.54) is 58.4 Å². The maximum Gasteiger partial charge on any atom is 0.0711 e. The quantitative estimate of drug-likeness (QED) is 0.791. The topological polar surface area (TPSA) is 27.7 Å². The van der Waals surface area contributed by atoms with Crippen molar-refractivity contribution in [1.29, 1.82) is 0 Å². The Hall–Kier alpha value is -0.160. The normalized spacial score (nSPS) is 38.8. The predicted octanol–water partition coefficient (Wildman–Crippen LogP) is 0.533. The maximum atomic E-state index is 5.42. The molecule has 0 aliphatic carbocycles. The van der Waals surface area contributed by atoms with Crippen LogP contribution in [0, 0.1) is 0 Å². The van der Waals surface area contributed by atoms with Gasteiger partial charge in [-0.1, -0.05) is 0 Å². The summed E-state index contributed by atoms with van der Waals surface area (Å²) >= 11 is 0. The van der Waals surface area contributed by atoms with Crippen LogP contribution in [0.5, 0.6) is 0 Å². The lowest BCUT2D eigenvalue weighted by molar-refractivity contribution is 0.116. The number of hydrogen-bond donors (Lipinski definition) is 1. The van der Waals surface area contributed by atoms with Gasteiger partial charge in [0.2, 0.25) is 0 Å². The Kier molecular flexibility index (Phi) is 4.19. The van der Waals surface area contributed by atoms with Gasteiger partial charge < -0.3 is 15.0 Å². The van der Waals surface area contributed by atoms with E-state index in [0.29, 0.717) is 12.1 Å². The molecule has 4 heteroatoms. The molecule has 3 fully saturated rings. The van der Waals surface area contributed by atoms with Gasteiger partial charge in [0, 0.05) is 38.8 Å². The summed E-state index contributed by atoms with van der Waals surface area (Å²) in [5, 5.41) is 3.59. The molecule has 0 radical (unpaired) electrons. The Balaban J connectivity index is 1.42. The van der Waals surface area contributed by atoms with Crippen LogP contribution < -0.4 is 5.32 Å². The van der Waals surface area contributed by atoms with Crippen LogP contribution in [0.25, 0.3) is 0 Å². The van der Waals surface area contributed by atoms with Gasteiger partial charge in [-0.05, 0) is 45.3 Å². The van der Waals surface area contributed by atoms with Crippen LogP contribution in [-0.2, 0) is 4.74 Å². The first-order chi connectivity index (χ1) is 8.85. The largest absolute Gasteiger partial charge is 0.380 e. The molecule has 18 heavy (non-hydrogen) atoms. The van der Waals surface area contributed by atoms with E-state index in [4.69, 9.17) is 4.74 Å². The highest BCUT2D eigenvalue weighted by atomic mass is 16.5. The molecular formula is C14H27N3O. The average molecular weight is 253 g/mol. The highest BCUT2D eigenvalue weighted by molar-refractivity contribution is 4.90. The second-order valence-electron chi connectivity index (χ2n) is 6.14. The van der Waals surface area contributed by atoms with Gasteiger partial charge in [0.25, 0.3) is 0 Å². The lowest BCUT2D eigenvalue weighted by Crippen LogP contribution is -2.39. The van der Waals surface area contributed by atoms with E-state index >= 15 is 0 Å². The molecule has 0 aromatic heterocycles. The number of hydrogen-bond acceptors (Lipinski definition) is 4. The number of nitrogens with zero attached hydrogens (tertiary/aromatic N) is 2. The molecule has 0 saturated carbocycles. The zero-order valence-electron chi connectivity index (χ0n) is 11.6. The standard InChI is InChI=1S/C14H27N3O/c1-18-14-8-12(15-9-14)10-16-7-4-13(11-16)17-5-2-3-6-17/h12-15H,2-11H2,1H3. The van der Waals surface area contributed by atoms with Crippen molar-refractivity contribution < 1.29 is 4.74 Å². The van der Waals surface area contributed by atoms with E-state index in [0.717, 1.165) is 12.6 Å². The number of nitrogens with one attached hydrogen (secondary N) is 1. The van der Waals surface area contributed by atoms with E-state index in [1.807, 2.05) is 7.11 Å². The SMILES string of the molecule is COC1CNC(CN2CCC(N3CCCC3)C2)C1. The summed E-state index contributed by atoms with van der Waals surface area (Å²) < 4.78 is 5.42. The van der Waals surface area contributed by atoms with Gasteiger partial charge >= 0.3 is 0 Å². The van der Waals surface area contributed by atoms with Crippen molar-refractivity contribution in [2.75, 3.05) is 46.4 Å². The molecule has 4 nitrogen and oxygen atoms in total. The van der Waals surface area contributed by atoms with Gasteiger partial charge in [0.1, 0.15) is 0 Å². The molecule has 3 atom stereocenters. The third kappa shape index (κ3) is 2.87. The predicted molar refractivity (Wildman–Crippen MR) is 72.9 cm³/mol. The van der Waals surface area contributed by atoms with Crippen molar-refractivity contribution >= 4 is 0 Å². The third-order valence-corrected chi connectivity index (χ3v) is 4.90. The molecule has 3 heterocycles. The van der Waals surface area contributed by atoms with Crippen molar-refractivity contribution in [3.8, 4) is 0 Å². The smallest absolute Gasteiger partial charge is 0.0711 e. The highest BCUT2D eigenvalue weighted by Crippen LogP contribution is 2.21. The van der Waals surface area contributed by atoms with Crippen molar-refractivity contribution in [3.63, 3.8) is 0 Å². The van der Waals surface area contributed by atoms with Gasteiger partial charge in [-0.3, -0.25) is 4.90 Å². The van der Waals surface area contributed by atoms with Crippen LogP contribution in [0.1, 0.15) is 25.7 Å². The van der Waals surface area contributed by atoms with E-state index < -0.39 is 0 Å². The molecular weight excluding hydrogens is 226 g/mol. The molecule has 0 spiro atoms. The molecule has 3 saturated heterocycles. The van der Waals surface area contributed by atoms with Gasteiger partial charge in [0.15, 0.2) is 0 Å². The minimum Gasteiger partial charge on any atom is -0.380 e. The van der Waals surface area contributed by atoms with Crippen molar-refractivity contribution in [2.45, 2.75) is 43.9 Å². The average Bonchev–Trinajstić information content (AvgIpc) is 3.10. The number of ether oxygens (including phenoxy) is 1. The van der Waals surface area contributed by atoms with E-state index in [9.17, 15) is 0 Å². The summed E-state index contributed by atoms with van der Waals surface area (Å²) in [5.41, 5.74) is 0. The molecule has 0 aromatic rings. The second-order valence-corrected chi connectivity index (χ2v) is 6.14. The van der Waals surface area contributed by atoms with Crippen molar-refractivity contribution in [3.05, 3.63) is 0 Å². The first-order valence-electron chi connectivity index (χ1n) is 7.58. The Labute approximate surface area is 111 Å². The molecule has 0 aromatic carbocycles. The fourth-order valence-electron chi connectivity index (χ4n) is 3.80. The molecule has 1 N–H and O–H groups in total. The van der Waals surface area contributed by atoms with Gasteiger partial charge in [-0.25, -0.2) is 0 Å². The zero-order chi connectivity index (χ0) is 12.4. The number of methoxy groups -OCH3 is 1. The molecule has 0 amide bonds. The fourth-order valence-corrected chi connectivity index (χ4v) is 3.80. The Morgan fingerprint density at radius 3 is 2.78 bits per heavy atom. The summed E-state index contributed by atoms with van der Waals surface area (Å²) in [6, 6.07) is 1.49. The van der Waals surface area contributed by atoms with Gasteiger partial charge in [-0.2, -0.15) is 0 Å². The Bertz CT molecular complexity index is 268. The number of rotatable bonds is 4. The lowest BCUT2D eigenvalue weighted by atomic mass is 10.2. The summed E-state index contributed by atoms with van der Waals surface area (Å²) in [7, 11) is 1.83. The fraction of sp³-hybridized carbons (Fsp3) is 1.00. The Morgan fingerprint density at radius 2 is 2.06 bits per heavy atom. The maximum absolute atomic E-state index is 5.42. The summed E-state index contributed by atoms with van der Waals surface area (Å²) in [4.78, 5) is 5.36. The van der Waals surface area contributed by atoms with E-state index in [2.05, 4.69) is 15.1 Å². The monoisotopic (exact) mass is 253 g/mol. The van der Waals surface area contributed by atoms with Crippen LogP contribution in [0.15, 0.2) is 0 Å². The molecule has 3 aliphatic rings. The van der Waals surface area contributed by atoms with E-state index in [-0.39, 0.29) is 0 Å². The molecule has 104 valence electrons. The van der Waals surface area contributed by atoms with Crippen LogP contribution in [0.3, 0.4) is 0 Å². The molecule has 3 unspecified atom stereocenters. The van der Waals surface area contributed by atoms with Gasteiger partial charge in [0.05, 0.1) is 6.10 Å². The molecule has 3 aliphatic heterocycles. The summed E-state index contributed by atoms with van der Waals surface area (Å²) in [6.07, 6.45) is 5.82. The number of likely N-dealkylation sites (tertiary alicyclic amines) is 2. The summed E-state index contributed by atoms with van der Waals surface area (Å²) in [5.74, 6) is 0. The molecule has 3 rings (SSSR count). The van der Waals surface area contributed by atoms with Crippen LogP contribution in [0.4, 0.5) is 0 Å². The first kappa shape index (κ1) is 12.9. The second kappa shape index (κ2) is 5.87. The Morgan fingerprint density at radius 1 is 1.22 bits per heavy atom.